The van der Waals surface area contributed by atoms with Crippen LogP contribution in [0.3, 0.4) is 0 Å². The lowest BCUT2D eigenvalue weighted by atomic mass is 9.42. The van der Waals surface area contributed by atoms with Gasteiger partial charge in [0.15, 0.2) is 0 Å². The minimum absolute atomic E-state index is 0.144. The van der Waals surface area contributed by atoms with Crippen molar-refractivity contribution < 1.29 is 19.7 Å². The van der Waals surface area contributed by atoms with Crippen LogP contribution >= 0.6 is 0 Å². The molecule has 0 aliphatic heterocycles. The number of halogens is 1. The summed E-state index contributed by atoms with van der Waals surface area (Å²) in [6, 6.07) is 0. The van der Waals surface area contributed by atoms with Gasteiger partial charge in [0, 0.05) is 10.8 Å². The van der Waals surface area contributed by atoms with Gasteiger partial charge in [0.05, 0.1) is 17.8 Å². The Labute approximate surface area is 144 Å². The Morgan fingerprint density at radius 2 is 1.58 bits per heavy atom. The predicted molar refractivity (Wildman–Crippen MR) is 90.1 cm³/mol. The SMILES string of the molecule is C[C@]12CC[C@H](O)C[C@@H]1CC[C@H]1[C@@H]3CC[C@@](C)(O)[C@@]3(C)C[C@@H](O)[C@@]12F. The van der Waals surface area contributed by atoms with Crippen molar-refractivity contribution in [2.45, 2.75) is 95.6 Å². The molecular weight excluding hydrogens is 307 g/mol. The zero-order valence-corrected chi connectivity index (χ0v) is 15.3. The number of aliphatic hydroxyl groups is 3. The minimum Gasteiger partial charge on any atom is -0.393 e. The van der Waals surface area contributed by atoms with Gasteiger partial charge < -0.3 is 15.3 Å². The molecule has 0 saturated heterocycles. The molecule has 4 saturated carbocycles. The summed E-state index contributed by atoms with van der Waals surface area (Å²) in [7, 11) is 0. The summed E-state index contributed by atoms with van der Waals surface area (Å²) in [5, 5.41) is 32.0. The fraction of sp³-hybridized carbons (Fsp3) is 1.00. The van der Waals surface area contributed by atoms with Gasteiger partial charge in [-0.25, -0.2) is 4.39 Å². The summed E-state index contributed by atoms with van der Waals surface area (Å²) in [5.41, 5.74) is -3.35. The Morgan fingerprint density at radius 1 is 0.875 bits per heavy atom. The number of rotatable bonds is 0. The van der Waals surface area contributed by atoms with Crippen LogP contribution in [0.2, 0.25) is 0 Å². The van der Waals surface area contributed by atoms with E-state index < -0.39 is 28.2 Å². The Hall–Kier alpha value is -0.190. The first-order valence-corrected chi connectivity index (χ1v) is 9.84. The molecule has 4 fully saturated rings. The molecular formula is C20H33FO3. The number of alkyl halides is 1. The van der Waals surface area contributed by atoms with Crippen molar-refractivity contribution in [1.29, 1.82) is 0 Å². The molecule has 0 radical (unpaired) electrons. The fourth-order valence-electron chi connectivity index (χ4n) is 7.46. The summed E-state index contributed by atoms with van der Waals surface area (Å²) >= 11 is 0. The van der Waals surface area contributed by atoms with Crippen molar-refractivity contribution >= 4 is 0 Å². The molecule has 0 amide bonds. The second-order valence-electron chi connectivity index (χ2n) is 10.1. The zero-order valence-electron chi connectivity index (χ0n) is 15.3. The third-order valence-corrected chi connectivity index (χ3v) is 9.27. The van der Waals surface area contributed by atoms with Crippen molar-refractivity contribution in [2.24, 2.45) is 28.6 Å². The van der Waals surface area contributed by atoms with Crippen LogP contribution in [-0.4, -0.2) is 38.8 Å². The highest BCUT2D eigenvalue weighted by molar-refractivity contribution is 5.22. The molecule has 4 heteroatoms. The first-order chi connectivity index (χ1) is 11.1. The highest BCUT2D eigenvalue weighted by Crippen LogP contribution is 2.70. The quantitative estimate of drug-likeness (QED) is 0.635. The van der Waals surface area contributed by atoms with Gasteiger partial charge in [0.2, 0.25) is 0 Å². The van der Waals surface area contributed by atoms with E-state index in [1.165, 1.54) is 0 Å². The summed E-state index contributed by atoms with van der Waals surface area (Å²) in [6.07, 6.45) is 4.24. The van der Waals surface area contributed by atoms with Crippen LogP contribution in [0.1, 0.15) is 72.1 Å². The molecule has 0 aromatic rings. The number of hydrogen-bond donors (Lipinski definition) is 3. The van der Waals surface area contributed by atoms with E-state index >= 15 is 4.39 Å². The lowest BCUT2D eigenvalue weighted by Gasteiger charge is -2.65. The van der Waals surface area contributed by atoms with Gasteiger partial charge in [-0.2, -0.15) is 0 Å². The summed E-state index contributed by atoms with van der Waals surface area (Å²) in [5.74, 6) is 0.130. The summed E-state index contributed by atoms with van der Waals surface area (Å²) in [6.45, 7) is 5.95. The van der Waals surface area contributed by atoms with Crippen molar-refractivity contribution in [3.63, 3.8) is 0 Å². The molecule has 0 heterocycles. The van der Waals surface area contributed by atoms with Crippen molar-refractivity contribution in [3.05, 3.63) is 0 Å². The van der Waals surface area contributed by atoms with Gasteiger partial charge in [-0.15, -0.1) is 0 Å². The Morgan fingerprint density at radius 3 is 2.29 bits per heavy atom. The maximum absolute atomic E-state index is 16.7. The second-order valence-corrected chi connectivity index (χ2v) is 10.1. The maximum Gasteiger partial charge on any atom is 0.145 e. The monoisotopic (exact) mass is 340 g/mol. The molecule has 9 atom stereocenters. The van der Waals surface area contributed by atoms with Crippen LogP contribution in [-0.2, 0) is 0 Å². The Kier molecular flexibility index (Phi) is 3.56. The molecule has 3 N–H and O–H groups in total. The smallest absolute Gasteiger partial charge is 0.145 e. The van der Waals surface area contributed by atoms with E-state index in [-0.39, 0.29) is 23.9 Å². The molecule has 0 spiro atoms. The lowest BCUT2D eigenvalue weighted by Crippen LogP contribution is -2.70. The third-order valence-electron chi connectivity index (χ3n) is 9.27. The molecule has 4 rings (SSSR count). The van der Waals surface area contributed by atoms with Crippen molar-refractivity contribution in [2.75, 3.05) is 0 Å². The molecule has 4 aliphatic carbocycles. The van der Waals surface area contributed by atoms with Crippen molar-refractivity contribution in [1.82, 2.24) is 0 Å². The fourth-order valence-corrected chi connectivity index (χ4v) is 7.46. The van der Waals surface area contributed by atoms with Crippen LogP contribution in [0.5, 0.6) is 0 Å². The summed E-state index contributed by atoms with van der Waals surface area (Å²) < 4.78 is 16.7. The highest BCUT2D eigenvalue weighted by Gasteiger charge is 2.73. The largest absolute Gasteiger partial charge is 0.393 e. The molecule has 3 nitrogen and oxygen atoms in total. The first kappa shape index (κ1) is 17.2. The van der Waals surface area contributed by atoms with E-state index in [9.17, 15) is 15.3 Å². The van der Waals surface area contributed by atoms with E-state index in [0.717, 1.165) is 19.3 Å². The normalized spacial score (nSPS) is 63.4. The van der Waals surface area contributed by atoms with Gasteiger partial charge >= 0.3 is 0 Å². The average Bonchev–Trinajstić information content (AvgIpc) is 2.72. The van der Waals surface area contributed by atoms with Crippen LogP contribution in [0.15, 0.2) is 0 Å². The third kappa shape index (κ3) is 1.83. The van der Waals surface area contributed by atoms with Crippen LogP contribution in [0, 0.1) is 28.6 Å². The first-order valence-electron chi connectivity index (χ1n) is 9.84. The second kappa shape index (κ2) is 4.95. The highest BCUT2D eigenvalue weighted by atomic mass is 19.1. The Balaban J connectivity index is 1.76. The summed E-state index contributed by atoms with van der Waals surface area (Å²) in [4.78, 5) is 0. The predicted octanol–water partition coefficient (Wildman–Crippen LogP) is 3.20. The Bertz CT molecular complexity index is 537. The van der Waals surface area contributed by atoms with Gasteiger partial charge in [-0.05, 0) is 76.0 Å². The van der Waals surface area contributed by atoms with Crippen molar-refractivity contribution in [3.8, 4) is 0 Å². The van der Waals surface area contributed by atoms with E-state index in [4.69, 9.17) is 0 Å². The minimum atomic E-state index is -1.58. The average molecular weight is 340 g/mol. The molecule has 24 heavy (non-hydrogen) atoms. The van der Waals surface area contributed by atoms with Gasteiger partial charge in [0.1, 0.15) is 5.67 Å². The molecule has 0 aromatic carbocycles. The van der Waals surface area contributed by atoms with E-state index in [0.29, 0.717) is 32.1 Å². The number of aliphatic hydroxyl groups excluding tert-OH is 2. The van der Waals surface area contributed by atoms with Crippen LogP contribution in [0.4, 0.5) is 4.39 Å². The lowest BCUT2D eigenvalue weighted by molar-refractivity contribution is -0.260. The van der Waals surface area contributed by atoms with Gasteiger partial charge in [0.25, 0.3) is 0 Å². The number of fused-ring (bicyclic) bond motifs is 5. The maximum atomic E-state index is 16.7. The number of hydrogen-bond acceptors (Lipinski definition) is 3. The van der Waals surface area contributed by atoms with E-state index in [1.54, 1.807) is 0 Å². The molecule has 4 aliphatic rings. The van der Waals surface area contributed by atoms with Crippen LogP contribution < -0.4 is 0 Å². The zero-order chi connectivity index (χ0) is 17.5. The standard InChI is InChI=1S/C20H33FO3/c1-17-8-6-13(22)10-12(17)4-5-15-14-7-9-19(3,24)18(14,2)11-16(23)20(15,17)21/h12-16,22-24H,4-11H2,1-3H3/t12-,13-,14-,15-,16+,17-,18-,19+,20-/m0/s1. The van der Waals surface area contributed by atoms with Gasteiger partial charge in [-0.1, -0.05) is 13.8 Å². The molecule has 0 aromatic heterocycles. The molecule has 0 bridgehead atoms. The topological polar surface area (TPSA) is 60.7 Å². The molecule has 0 unspecified atom stereocenters. The van der Waals surface area contributed by atoms with Gasteiger partial charge in [-0.3, -0.25) is 0 Å². The van der Waals surface area contributed by atoms with E-state index in [1.807, 2.05) is 13.8 Å². The molecule has 138 valence electrons. The van der Waals surface area contributed by atoms with Crippen LogP contribution in [0.25, 0.3) is 0 Å². The van der Waals surface area contributed by atoms with E-state index in [2.05, 4.69) is 6.92 Å².